The monoisotopic (exact) mass is 382 g/mol. The number of aromatic nitrogens is 2. The molecular formula is C22H30N4O2. The van der Waals surface area contributed by atoms with Crippen LogP contribution < -0.4 is 4.74 Å². The van der Waals surface area contributed by atoms with E-state index in [-0.39, 0.29) is 5.41 Å². The first-order valence-electron chi connectivity index (χ1n) is 10.7. The van der Waals surface area contributed by atoms with Crippen LogP contribution in [0.4, 0.5) is 0 Å². The summed E-state index contributed by atoms with van der Waals surface area (Å²) < 4.78 is 5.39. The Balaban J connectivity index is 1.31. The number of hydrogen-bond donors (Lipinski definition) is 1. The van der Waals surface area contributed by atoms with Crippen molar-refractivity contribution in [1.29, 1.82) is 0 Å². The lowest BCUT2D eigenvalue weighted by molar-refractivity contribution is -0.139. The highest BCUT2D eigenvalue weighted by Gasteiger charge is 2.42. The third-order valence-electron chi connectivity index (χ3n) is 6.89. The van der Waals surface area contributed by atoms with Gasteiger partial charge >= 0.3 is 0 Å². The lowest BCUT2D eigenvalue weighted by Gasteiger charge is -2.48. The van der Waals surface area contributed by atoms with Crippen molar-refractivity contribution < 1.29 is 9.53 Å². The zero-order chi connectivity index (χ0) is 19.1. The number of rotatable bonds is 5. The maximum Gasteiger partial charge on any atom is 0.222 e. The minimum absolute atomic E-state index is 0.272. The molecule has 150 valence electrons. The van der Waals surface area contributed by atoms with Gasteiger partial charge in [-0.3, -0.25) is 14.8 Å². The number of carbonyl (C=O) groups excluding carboxylic acids is 1. The Bertz CT molecular complexity index is 875. The van der Waals surface area contributed by atoms with Crippen LogP contribution in [0.15, 0.2) is 18.2 Å². The van der Waals surface area contributed by atoms with Crippen LogP contribution in [0.25, 0.3) is 10.9 Å². The summed E-state index contributed by atoms with van der Waals surface area (Å²) in [5.74, 6) is 2.01. The van der Waals surface area contributed by atoms with Crippen molar-refractivity contribution in [3.8, 4) is 5.75 Å². The summed E-state index contributed by atoms with van der Waals surface area (Å²) in [7, 11) is 1.70. The molecule has 28 heavy (non-hydrogen) atoms. The number of nitrogens with zero attached hydrogens (tertiary/aromatic N) is 3. The summed E-state index contributed by atoms with van der Waals surface area (Å²) in [5, 5.41) is 8.85. The SMILES string of the molecule is COc1ccc2n[nH]c(CN3CCC[C@@]4(CCC(=O)N(CC5CC5)C4)C3)c2c1. The molecule has 5 rings (SSSR count). The van der Waals surface area contributed by atoms with Crippen LogP contribution in [0.3, 0.4) is 0 Å². The van der Waals surface area contributed by atoms with Crippen molar-refractivity contribution in [3.05, 3.63) is 23.9 Å². The molecule has 2 saturated heterocycles. The minimum atomic E-state index is 0.272. The molecule has 3 aliphatic rings. The molecular weight excluding hydrogens is 352 g/mol. The van der Waals surface area contributed by atoms with E-state index >= 15 is 0 Å². The van der Waals surface area contributed by atoms with Crippen molar-refractivity contribution in [1.82, 2.24) is 20.0 Å². The third kappa shape index (κ3) is 3.50. The molecule has 1 atom stereocenters. The largest absolute Gasteiger partial charge is 0.497 e. The number of piperidine rings is 2. The Morgan fingerprint density at radius 2 is 2.18 bits per heavy atom. The predicted molar refractivity (Wildman–Crippen MR) is 108 cm³/mol. The molecule has 2 aliphatic heterocycles. The highest BCUT2D eigenvalue weighted by Crippen LogP contribution is 2.41. The van der Waals surface area contributed by atoms with Crippen LogP contribution in [0.1, 0.15) is 44.2 Å². The molecule has 1 saturated carbocycles. The van der Waals surface area contributed by atoms with Gasteiger partial charge in [-0.05, 0) is 62.8 Å². The molecule has 6 heteroatoms. The molecule has 1 aliphatic carbocycles. The van der Waals surface area contributed by atoms with Crippen LogP contribution in [0.5, 0.6) is 5.75 Å². The van der Waals surface area contributed by atoms with Crippen molar-refractivity contribution in [3.63, 3.8) is 0 Å². The Hall–Kier alpha value is -2.08. The van der Waals surface area contributed by atoms with Gasteiger partial charge in [-0.15, -0.1) is 0 Å². The standard InChI is InChI=1S/C22H30N4O2/c1-28-17-5-6-19-18(11-17)20(24-23-19)13-25-10-2-8-22(14-25)9-7-21(27)26(15-22)12-16-3-4-16/h5-6,11,16H,2-4,7-10,12-15H2,1H3,(H,23,24)/t22-/m1/s1. The summed E-state index contributed by atoms with van der Waals surface area (Å²) in [6.45, 7) is 5.01. The number of nitrogens with one attached hydrogen (secondary N) is 1. The second kappa shape index (κ2) is 7.07. The van der Waals surface area contributed by atoms with Gasteiger partial charge in [0.1, 0.15) is 5.75 Å². The van der Waals surface area contributed by atoms with Gasteiger partial charge in [0, 0.05) is 43.4 Å². The number of amides is 1. The molecule has 1 amide bonds. The number of hydrogen-bond acceptors (Lipinski definition) is 4. The minimum Gasteiger partial charge on any atom is -0.497 e. The van der Waals surface area contributed by atoms with Crippen LogP contribution in [-0.2, 0) is 11.3 Å². The van der Waals surface area contributed by atoms with E-state index in [1.54, 1.807) is 7.11 Å². The first-order chi connectivity index (χ1) is 13.6. The topological polar surface area (TPSA) is 61.5 Å². The summed E-state index contributed by atoms with van der Waals surface area (Å²) in [6.07, 6.45) is 6.83. The smallest absolute Gasteiger partial charge is 0.222 e. The highest BCUT2D eigenvalue weighted by atomic mass is 16.5. The van der Waals surface area contributed by atoms with Gasteiger partial charge in [0.05, 0.1) is 18.3 Å². The Morgan fingerprint density at radius 3 is 3.00 bits per heavy atom. The number of fused-ring (bicyclic) bond motifs is 1. The summed E-state index contributed by atoms with van der Waals surface area (Å²) >= 11 is 0. The molecule has 0 bridgehead atoms. The molecule has 0 unspecified atom stereocenters. The van der Waals surface area contributed by atoms with E-state index in [1.807, 2.05) is 12.1 Å². The predicted octanol–water partition coefficient (Wildman–Crippen LogP) is 3.19. The van der Waals surface area contributed by atoms with E-state index in [2.05, 4.69) is 26.1 Å². The second-order valence-electron chi connectivity index (χ2n) is 9.12. The number of benzene rings is 1. The maximum absolute atomic E-state index is 12.4. The van der Waals surface area contributed by atoms with E-state index < -0.39 is 0 Å². The van der Waals surface area contributed by atoms with Gasteiger partial charge in [-0.2, -0.15) is 5.10 Å². The zero-order valence-corrected chi connectivity index (χ0v) is 16.7. The molecule has 1 spiro atoms. The molecule has 0 radical (unpaired) electrons. The number of H-pyrrole nitrogens is 1. The molecule has 1 aromatic heterocycles. The first kappa shape index (κ1) is 18.0. The molecule has 3 fully saturated rings. The number of carbonyl (C=O) groups is 1. The number of ether oxygens (including phenoxy) is 1. The molecule has 2 aromatic rings. The Kier molecular flexibility index (Phi) is 4.54. The van der Waals surface area contributed by atoms with Gasteiger partial charge in [0.15, 0.2) is 0 Å². The quantitative estimate of drug-likeness (QED) is 0.863. The fourth-order valence-corrected chi connectivity index (χ4v) is 5.17. The number of likely N-dealkylation sites (tertiary alicyclic amines) is 2. The second-order valence-corrected chi connectivity index (χ2v) is 9.12. The normalized spacial score (nSPS) is 26.3. The fourth-order valence-electron chi connectivity index (χ4n) is 5.17. The van der Waals surface area contributed by atoms with Crippen LogP contribution >= 0.6 is 0 Å². The summed E-state index contributed by atoms with van der Waals surface area (Å²) in [5.41, 5.74) is 2.42. The lowest BCUT2D eigenvalue weighted by Crippen LogP contribution is -2.54. The number of methoxy groups -OCH3 is 1. The Labute approximate surface area is 166 Å². The average Bonchev–Trinajstić information content (AvgIpc) is 3.44. The van der Waals surface area contributed by atoms with Crippen LogP contribution in [0, 0.1) is 11.3 Å². The lowest BCUT2D eigenvalue weighted by atomic mass is 9.73. The van der Waals surface area contributed by atoms with E-state index in [9.17, 15) is 4.79 Å². The highest BCUT2D eigenvalue weighted by molar-refractivity contribution is 5.82. The van der Waals surface area contributed by atoms with E-state index in [0.717, 1.165) is 73.8 Å². The summed E-state index contributed by atoms with van der Waals surface area (Å²) in [4.78, 5) is 17.2. The fraction of sp³-hybridized carbons (Fsp3) is 0.636. The van der Waals surface area contributed by atoms with Gasteiger partial charge in [0.2, 0.25) is 5.91 Å². The Morgan fingerprint density at radius 1 is 1.29 bits per heavy atom. The first-order valence-corrected chi connectivity index (χ1v) is 10.7. The average molecular weight is 383 g/mol. The number of aromatic amines is 1. The molecule has 1 N–H and O–H groups in total. The van der Waals surface area contributed by atoms with E-state index in [0.29, 0.717) is 5.91 Å². The maximum atomic E-state index is 12.4. The van der Waals surface area contributed by atoms with Gasteiger partial charge in [0.25, 0.3) is 0 Å². The summed E-state index contributed by atoms with van der Waals surface area (Å²) in [6, 6.07) is 6.04. The zero-order valence-electron chi connectivity index (χ0n) is 16.7. The van der Waals surface area contributed by atoms with Gasteiger partial charge in [-0.1, -0.05) is 0 Å². The van der Waals surface area contributed by atoms with E-state index in [4.69, 9.17) is 4.74 Å². The molecule has 3 heterocycles. The molecule has 6 nitrogen and oxygen atoms in total. The molecule has 1 aromatic carbocycles. The van der Waals surface area contributed by atoms with Gasteiger partial charge < -0.3 is 9.64 Å². The van der Waals surface area contributed by atoms with Crippen LogP contribution in [-0.4, -0.2) is 59.2 Å². The van der Waals surface area contributed by atoms with Crippen molar-refractivity contribution >= 4 is 16.8 Å². The van der Waals surface area contributed by atoms with Crippen molar-refractivity contribution in [2.45, 2.75) is 45.1 Å². The van der Waals surface area contributed by atoms with Gasteiger partial charge in [-0.25, -0.2) is 0 Å². The van der Waals surface area contributed by atoms with Crippen molar-refractivity contribution in [2.24, 2.45) is 11.3 Å². The van der Waals surface area contributed by atoms with Crippen molar-refractivity contribution in [2.75, 3.05) is 33.3 Å². The van der Waals surface area contributed by atoms with E-state index in [1.165, 1.54) is 25.7 Å². The van der Waals surface area contributed by atoms with Crippen LogP contribution in [0.2, 0.25) is 0 Å². The third-order valence-corrected chi connectivity index (χ3v) is 6.89.